The summed E-state index contributed by atoms with van der Waals surface area (Å²) < 4.78 is 1.73. The lowest BCUT2D eigenvalue weighted by Crippen LogP contribution is -2.32. The van der Waals surface area contributed by atoms with E-state index >= 15 is 0 Å². The van der Waals surface area contributed by atoms with E-state index < -0.39 is 5.92 Å². The summed E-state index contributed by atoms with van der Waals surface area (Å²) in [6, 6.07) is 20.7. The Labute approximate surface area is 209 Å². The van der Waals surface area contributed by atoms with Crippen LogP contribution in [0.2, 0.25) is 5.02 Å². The average Bonchev–Trinajstić information content (AvgIpc) is 3.32. The largest absolute Gasteiger partial charge is 0.315 e. The highest BCUT2D eigenvalue weighted by Crippen LogP contribution is 2.22. The molecule has 2 heterocycles. The fourth-order valence-corrected chi connectivity index (χ4v) is 3.83. The number of aromatic nitrogens is 3. The first-order valence-electron chi connectivity index (χ1n) is 11.2. The second-order valence-electron chi connectivity index (χ2n) is 8.19. The van der Waals surface area contributed by atoms with Gasteiger partial charge in [0.1, 0.15) is 5.82 Å². The van der Waals surface area contributed by atoms with Gasteiger partial charge in [0.25, 0.3) is 0 Å². The summed E-state index contributed by atoms with van der Waals surface area (Å²) in [7, 11) is 1.86. The molecule has 35 heavy (non-hydrogen) atoms. The first kappa shape index (κ1) is 24.1. The first-order chi connectivity index (χ1) is 17.0. The van der Waals surface area contributed by atoms with E-state index in [1.54, 1.807) is 35.3 Å². The zero-order valence-corrected chi connectivity index (χ0v) is 20.0. The third-order valence-corrected chi connectivity index (χ3v) is 5.92. The van der Waals surface area contributed by atoms with E-state index in [4.69, 9.17) is 16.9 Å². The van der Waals surface area contributed by atoms with Gasteiger partial charge in [0.05, 0.1) is 23.7 Å². The van der Waals surface area contributed by atoms with Crippen molar-refractivity contribution in [1.29, 1.82) is 5.26 Å². The molecule has 0 saturated carbocycles. The van der Waals surface area contributed by atoms with Crippen molar-refractivity contribution in [2.24, 2.45) is 7.05 Å². The second kappa shape index (κ2) is 11.4. The summed E-state index contributed by atoms with van der Waals surface area (Å²) in [4.78, 5) is 17.6. The van der Waals surface area contributed by atoms with Gasteiger partial charge in [-0.1, -0.05) is 35.9 Å². The number of carbonyl (C=O) groups is 1. The second-order valence-corrected chi connectivity index (χ2v) is 8.63. The zero-order valence-electron chi connectivity index (χ0n) is 19.3. The summed E-state index contributed by atoms with van der Waals surface area (Å²) in [5.74, 6) is -0.0907. The molecule has 0 fully saturated rings. The lowest BCUT2D eigenvalue weighted by atomic mass is 9.98. The van der Waals surface area contributed by atoms with Crippen LogP contribution in [0.3, 0.4) is 0 Å². The molecular formula is C27H25ClN6O. The number of hydrogen-bond acceptors (Lipinski definition) is 5. The van der Waals surface area contributed by atoms with E-state index in [-0.39, 0.29) is 5.91 Å². The fraction of sp³-hybridized carbons (Fsp3) is 0.185. The molecule has 4 rings (SSSR count). The van der Waals surface area contributed by atoms with E-state index in [1.165, 1.54) is 0 Å². The van der Waals surface area contributed by atoms with Crippen LogP contribution in [0.25, 0.3) is 11.1 Å². The topological polar surface area (TPSA) is 95.6 Å². The van der Waals surface area contributed by atoms with E-state index in [0.717, 1.165) is 28.7 Å². The molecule has 0 spiro atoms. The third kappa shape index (κ3) is 6.54. The number of pyridine rings is 1. The van der Waals surface area contributed by atoms with Gasteiger partial charge in [-0.2, -0.15) is 10.4 Å². The average molecular weight is 485 g/mol. The van der Waals surface area contributed by atoms with Crippen molar-refractivity contribution < 1.29 is 4.79 Å². The van der Waals surface area contributed by atoms with Gasteiger partial charge in [-0.3, -0.25) is 9.48 Å². The maximum Gasteiger partial charge on any atom is 0.234 e. The molecule has 0 aliphatic rings. The molecule has 0 bridgehead atoms. The Hall–Kier alpha value is -3.99. The van der Waals surface area contributed by atoms with Crippen LogP contribution in [0.15, 0.2) is 79.3 Å². The molecule has 0 radical (unpaired) electrons. The summed E-state index contributed by atoms with van der Waals surface area (Å²) in [5.41, 5.74) is 4.52. The van der Waals surface area contributed by atoms with Gasteiger partial charge < -0.3 is 10.6 Å². The van der Waals surface area contributed by atoms with Crippen molar-refractivity contribution in [3.8, 4) is 17.2 Å². The van der Waals surface area contributed by atoms with Gasteiger partial charge in [0, 0.05) is 42.1 Å². The van der Waals surface area contributed by atoms with Gasteiger partial charge in [-0.25, -0.2) is 4.98 Å². The number of amides is 1. The predicted octanol–water partition coefficient (Wildman–Crippen LogP) is 4.56. The van der Waals surface area contributed by atoms with Crippen molar-refractivity contribution in [3.63, 3.8) is 0 Å². The molecule has 1 amide bonds. The molecule has 2 aromatic carbocycles. The van der Waals surface area contributed by atoms with Crippen molar-refractivity contribution in [1.82, 2.24) is 20.1 Å². The minimum absolute atomic E-state index is 0.153. The Bertz CT molecular complexity index is 1310. The Kier molecular flexibility index (Phi) is 7.88. The quantitative estimate of drug-likeness (QED) is 0.339. The number of nitrogens with one attached hydrogen (secondary N) is 2. The van der Waals surface area contributed by atoms with Gasteiger partial charge in [0.15, 0.2) is 0 Å². The molecule has 1 atom stereocenters. The summed E-state index contributed by atoms with van der Waals surface area (Å²) in [5, 5.41) is 20.1. The van der Waals surface area contributed by atoms with E-state index in [2.05, 4.69) is 26.8 Å². The first-order valence-corrected chi connectivity index (χ1v) is 11.6. The maximum atomic E-state index is 13.2. The number of halogens is 1. The number of carbonyl (C=O) groups excluding carboxylic acids is 1. The highest BCUT2D eigenvalue weighted by atomic mass is 35.5. The van der Waals surface area contributed by atoms with Gasteiger partial charge in [0.2, 0.25) is 5.91 Å². The molecule has 7 nitrogen and oxygen atoms in total. The molecule has 4 aromatic rings. The van der Waals surface area contributed by atoms with Gasteiger partial charge in [-0.15, -0.1) is 0 Å². The number of aryl methyl sites for hydroxylation is 1. The van der Waals surface area contributed by atoms with Crippen molar-refractivity contribution in [2.75, 3.05) is 18.4 Å². The van der Waals surface area contributed by atoms with Crippen LogP contribution in [-0.4, -0.2) is 33.8 Å². The number of anilines is 1. The molecule has 1 unspecified atom stereocenters. The van der Waals surface area contributed by atoms with Gasteiger partial charge in [-0.05, 0) is 60.5 Å². The highest BCUT2D eigenvalue weighted by Gasteiger charge is 2.21. The molecule has 0 saturated heterocycles. The standard InChI is InChI=1S/C27H25ClN6O/c1-34-18-23(16-32-34)22-8-11-26(31-15-22)33-27(35)25(21-6-9-24(28)10-7-21)17-30-13-12-19-2-4-20(14-29)5-3-19/h2-11,15-16,18,25,30H,12-13,17H2,1H3,(H,31,33,35). The zero-order chi connectivity index (χ0) is 24.6. The van der Waals surface area contributed by atoms with Crippen LogP contribution in [0.5, 0.6) is 0 Å². The maximum absolute atomic E-state index is 13.2. The lowest BCUT2D eigenvalue weighted by Gasteiger charge is -2.18. The molecule has 2 N–H and O–H groups in total. The van der Waals surface area contributed by atoms with Crippen LogP contribution in [0, 0.1) is 11.3 Å². The minimum Gasteiger partial charge on any atom is -0.315 e. The summed E-state index contributed by atoms with van der Waals surface area (Å²) in [6.07, 6.45) is 6.20. The number of nitrogens with zero attached hydrogens (tertiary/aromatic N) is 4. The summed E-state index contributed by atoms with van der Waals surface area (Å²) in [6.45, 7) is 1.15. The van der Waals surface area contributed by atoms with E-state index in [9.17, 15) is 4.79 Å². The van der Waals surface area contributed by atoms with Crippen molar-refractivity contribution in [3.05, 3.63) is 101 Å². The van der Waals surface area contributed by atoms with Crippen LogP contribution in [-0.2, 0) is 18.3 Å². The highest BCUT2D eigenvalue weighted by molar-refractivity contribution is 6.30. The van der Waals surface area contributed by atoms with E-state index in [0.29, 0.717) is 29.5 Å². The number of nitriles is 1. The number of rotatable bonds is 9. The van der Waals surface area contributed by atoms with Crippen LogP contribution < -0.4 is 10.6 Å². The Balaban J connectivity index is 1.40. The van der Waals surface area contributed by atoms with Gasteiger partial charge >= 0.3 is 0 Å². The normalized spacial score (nSPS) is 11.6. The fourth-order valence-electron chi connectivity index (χ4n) is 3.70. The van der Waals surface area contributed by atoms with Crippen LogP contribution >= 0.6 is 11.6 Å². The molecule has 8 heteroatoms. The molecule has 0 aliphatic carbocycles. The SMILES string of the molecule is Cn1cc(-c2ccc(NC(=O)C(CNCCc3ccc(C#N)cc3)c3ccc(Cl)cc3)nc2)cn1. The third-order valence-electron chi connectivity index (χ3n) is 5.66. The molecular weight excluding hydrogens is 460 g/mol. The number of benzene rings is 2. The Morgan fingerprint density at radius 2 is 1.83 bits per heavy atom. The Morgan fingerprint density at radius 3 is 2.46 bits per heavy atom. The number of hydrogen-bond donors (Lipinski definition) is 2. The van der Waals surface area contributed by atoms with Crippen molar-refractivity contribution >= 4 is 23.3 Å². The van der Waals surface area contributed by atoms with Crippen LogP contribution in [0.1, 0.15) is 22.6 Å². The molecule has 2 aromatic heterocycles. The molecule has 176 valence electrons. The Morgan fingerprint density at radius 1 is 1.06 bits per heavy atom. The predicted molar refractivity (Wildman–Crippen MR) is 137 cm³/mol. The molecule has 0 aliphatic heterocycles. The minimum atomic E-state index is -0.423. The van der Waals surface area contributed by atoms with Crippen molar-refractivity contribution in [2.45, 2.75) is 12.3 Å². The summed E-state index contributed by atoms with van der Waals surface area (Å²) >= 11 is 6.06. The monoisotopic (exact) mass is 484 g/mol. The van der Waals surface area contributed by atoms with E-state index in [1.807, 2.05) is 55.7 Å². The van der Waals surface area contributed by atoms with Crippen LogP contribution in [0.4, 0.5) is 5.82 Å². The smallest absolute Gasteiger partial charge is 0.234 e. The lowest BCUT2D eigenvalue weighted by molar-refractivity contribution is -0.117.